The number of allylic oxidation sites excluding steroid dienone is 8. The molecule has 0 amide bonds. The first-order valence-corrected chi connectivity index (χ1v) is 10.3. The highest BCUT2D eigenvalue weighted by Gasteiger charge is 2.56. The van der Waals surface area contributed by atoms with Gasteiger partial charge < -0.3 is 0 Å². The molecule has 134 valence electrons. The fourth-order valence-corrected chi connectivity index (χ4v) is 6.91. The van der Waals surface area contributed by atoms with Crippen LogP contribution in [0.15, 0.2) is 59.8 Å². The van der Waals surface area contributed by atoms with Crippen LogP contribution < -0.4 is 0 Å². The maximum atomic E-state index is 4.45. The molecule has 0 heterocycles. The van der Waals surface area contributed by atoms with Gasteiger partial charge in [-0.1, -0.05) is 75.0 Å². The standard InChI is InChI=1S/C25H34/c1-7-17(3)20-8-9-21-19-15-18(4)23-14-16(2)10-12-25(23,6)22(19)11-13-24(20,21)5/h10-12,14,18-21H,2-3,7-9,13,15H2,1,4-6H3/t18-,19?,20+,21?,24+,25+/m0/s1. The molecule has 25 heavy (non-hydrogen) atoms. The lowest BCUT2D eigenvalue weighted by Crippen LogP contribution is -2.45. The largest absolute Gasteiger partial charge is 0.0996 e. The molecule has 0 saturated heterocycles. The summed E-state index contributed by atoms with van der Waals surface area (Å²) in [5, 5.41) is 0. The van der Waals surface area contributed by atoms with Gasteiger partial charge in [-0.15, -0.1) is 0 Å². The quantitative estimate of drug-likeness (QED) is 0.475. The van der Waals surface area contributed by atoms with Crippen molar-refractivity contribution in [3.05, 3.63) is 59.8 Å². The first kappa shape index (κ1) is 17.1. The summed E-state index contributed by atoms with van der Waals surface area (Å²) in [7, 11) is 0. The van der Waals surface area contributed by atoms with E-state index in [4.69, 9.17) is 0 Å². The average molecular weight is 335 g/mol. The van der Waals surface area contributed by atoms with Crippen LogP contribution in [0.3, 0.4) is 0 Å². The van der Waals surface area contributed by atoms with E-state index in [2.05, 4.69) is 65.2 Å². The van der Waals surface area contributed by atoms with Crippen LogP contribution in [0.4, 0.5) is 0 Å². The maximum absolute atomic E-state index is 4.45. The second kappa shape index (κ2) is 5.60. The van der Waals surface area contributed by atoms with Gasteiger partial charge in [0.25, 0.3) is 0 Å². The Morgan fingerprint density at radius 2 is 2.00 bits per heavy atom. The lowest BCUT2D eigenvalue weighted by atomic mass is 9.50. The first-order valence-electron chi connectivity index (χ1n) is 10.3. The second-order valence-electron chi connectivity index (χ2n) is 9.57. The first-order chi connectivity index (χ1) is 11.8. The molecule has 0 aromatic heterocycles. The Morgan fingerprint density at radius 3 is 2.72 bits per heavy atom. The lowest BCUT2D eigenvalue weighted by Gasteiger charge is -2.54. The van der Waals surface area contributed by atoms with Crippen molar-refractivity contribution in [2.45, 2.75) is 59.8 Å². The van der Waals surface area contributed by atoms with Crippen molar-refractivity contribution in [3.8, 4) is 0 Å². The molecule has 0 spiro atoms. The van der Waals surface area contributed by atoms with Crippen molar-refractivity contribution >= 4 is 0 Å². The SMILES string of the molecule is C=C1C=C[C@]2(C)C3=CC[C@@]4(C)C(CC[C@@H]4C(=C)CC)C3C[C@H](C)C2=C1. The van der Waals surface area contributed by atoms with Gasteiger partial charge in [0.15, 0.2) is 0 Å². The predicted molar refractivity (Wildman–Crippen MR) is 108 cm³/mol. The molecule has 0 nitrogen and oxygen atoms in total. The smallest absolute Gasteiger partial charge is 0.0284 e. The Balaban J connectivity index is 1.76. The Kier molecular flexibility index (Phi) is 3.84. The van der Waals surface area contributed by atoms with Crippen LogP contribution >= 0.6 is 0 Å². The molecule has 2 unspecified atom stereocenters. The van der Waals surface area contributed by atoms with Crippen LogP contribution in [-0.4, -0.2) is 0 Å². The molecule has 4 rings (SSSR count). The number of fused-ring (bicyclic) bond motifs is 5. The molecular formula is C25H34. The summed E-state index contributed by atoms with van der Waals surface area (Å²) in [4.78, 5) is 0. The van der Waals surface area contributed by atoms with Crippen LogP contribution in [0, 0.1) is 34.5 Å². The molecule has 0 aromatic carbocycles. The van der Waals surface area contributed by atoms with Crippen molar-refractivity contribution in [2.75, 3.05) is 0 Å². The normalized spacial score (nSPS) is 45.2. The van der Waals surface area contributed by atoms with Gasteiger partial charge >= 0.3 is 0 Å². The van der Waals surface area contributed by atoms with E-state index in [1.54, 1.807) is 11.1 Å². The molecule has 0 N–H and O–H groups in total. The Hall–Kier alpha value is -1.30. The summed E-state index contributed by atoms with van der Waals surface area (Å²) < 4.78 is 0. The second-order valence-corrected chi connectivity index (χ2v) is 9.57. The molecule has 6 atom stereocenters. The zero-order chi connectivity index (χ0) is 18.0. The van der Waals surface area contributed by atoms with Crippen LogP contribution in [-0.2, 0) is 0 Å². The average Bonchev–Trinajstić information content (AvgIpc) is 2.93. The van der Waals surface area contributed by atoms with E-state index in [-0.39, 0.29) is 5.41 Å². The van der Waals surface area contributed by atoms with E-state index in [0.29, 0.717) is 11.3 Å². The summed E-state index contributed by atoms with van der Waals surface area (Å²) in [6.45, 7) is 18.4. The van der Waals surface area contributed by atoms with Crippen molar-refractivity contribution in [1.82, 2.24) is 0 Å². The van der Waals surface area contributed by atoms with Crippen molar-refractivity contribution in [1.29, 1.82) is 0 Å². The van der Waals surface area contributed by atoms with Crippen molar-refractivity contribution < 1.29 is 0 Å². The summed E-state index contributed by atoms with van der Waals surface area (Å²) in [6, 6.07) is 0. The predicted octanol–water partition coefficient (Wildman–Crippen LogP) is 7.03. The molecule has 0 radical (unpaired) electrons. The van der Waals surface area contributed by atoms with E-state index in [0.717, 1.165) is 24.2 Å². The van der Waals surface area contributed by atoms with Crippen LogP contribution in [0.2, 0.25) is 0 Å². The van der Waals surface area contributed by atoms with Gasteiger partial charge in [0, 0.05) is 5.41 Å². The highest BCUT2D eigenvalue weighted by atomic mass is 14.6. The highest BCUT2D eigenvalue weighted by molar-refractivity contribution is 5.51. The third kappa shape index (κ3) is 2.25. The number of hydrogen-bond donors (Lipinski definition) is 0. The van der Waals surface area contributed by atoms with Crippen LogP contribution in [0.1, 0.15) is 59.8 Å². The molecule has 0 heteroatoms. The van der Waals surface area contributed by atoms with E-state index in [1.807, 2.05) is 0 Å². The third-order valence-corrected chi connectivity index (χ3v) is 8.31. The highest BCUT2D eigenvalue weighted by Crippen LogP contribution is 2.65. The van der Waals surface area contributed by atoms with Gasteiger partial charge in [0.2, 0.25) is 0 Å². The minimum atomic E-state index is 0.130. The maximum Gasteiger partial charge on any atom is 0.0284 e. The Bertz CT molecular complexity index is 714. The van der Waals surface area contributed by atoms with E-state index in [1.165, 1.54) is 36.8 Å². The number of hydrogen-bond acceptors (Lipinski definition) is 0. The van der Waals surface area contributed by atoms with Gasteiger partial charge in [0.1, 0.15) is 0 Å². The van der Waals surface area contributed by atoms with E-state index >= 15 is 0 Å². The zero-order valence-corrected chi connectivity index (χ0v) is 16.6. The van der Waals surface area contributed by atoms with Crippen LogP contribution in [0.5, 0.6) is 0 Å². The molecule has 4 aliphatic rings. The fraction of sp³-hybridized carbons (Fsp3) is 0.600. The van der Waals surface area contributed by atoms with Gasteiger partial charge in [-0.25, -0.2) is 0 Å². The molecule has 4 aliphatic carbocycles. The third-order valence-electron chi connectivity index (χ3n) is 8.31. The molecular weight excluding hydrogens is 300 g/mol. The van der Waals surface area contributed by atoms with E-state index in [9.17, 15) is 0 Å². The minimum absolute atomic E-state index is 0.130. The van der Waals surface area contributed by atoms with Crippen LogP contribution in [0.25, 0.3) is 0 Å². The fourth-order valence-electron chi connectivity index (χ4n) is 6.91. The van der Waals surface area contributed by atoms with Crippen molar-refractivity contribution in [2.24, 2.45) is 34.5 Å². The molecule has 2 fully saturated rings. The van der Waals surface area contributed by atoms with Gasteiger partial charge in [-0.05, 0) is 73.7 Å². The summed E-state index contributed by atoms with van der Waals surface area (Å²) in [5.41, 5.74) is 6.53. The lowest BCUT2D eigenvalue weighted by molar-refractivity contribution is 0.0944. The minimum Gasteiger partial charge on any atom is -0.0996 e. The Morgan fingerprint density at radius 1 is 1.24 bits per heavy atom. The number of rotatable bonds is 2. The monoisotopic (exact) mass is 334 g/mol. The summed E-state index contributed by atoms with van der Waals surface area (Å²) in [6.07, 6.45) is 16.1. The topological polar surface area (TPSA) is 0 Å². The van der Waals surface area contributed by atoms with Crippen molar-refractivity contribution in [3.63, 3.8) is 0 Å². The van der Waals surface area contributed by atoms with Gasteiger partial charge in [0.05, 0.1) is 0 Å². The molecule has 0 aliphatic heterocycles. The summed E-state index contributed by atoms with van der Waals surface area (Å²) >= 11 is 0. The van der Waals surface area contributed by atoms with Gasteiger partial charge in [-0.2, -0.15) is 0 Å². The summed E-state index contributed by atoms with van der Waals surface area (Å²) in [5.74, 6) is 2.97. The van der Waals surface area contributed by atoms with E-state index < -0.39 is 0 Å². The molecule has 0 aromatic rings. The zero-order valence-electron chi connectivity index (χ0n) is 16.6. The Labute approximate surface area is 154 Å². The van der Waals surface area contributed by atoms with Gasteiger partial charge in [-0.3, -0.25) is 0 Å². The molecule has 2 saturated carbocycles. The molecule has 0 bridgehead atoms.